The van der Waals surface area contributed by atoms with Crippen LogP contribution in [0.2, 0.25) is 0 Å². The molecule has 5 nitrogen and oxygen atoms in total. The van der Waals surface area contributed by atoms with Crippen molar-refractivity contribution in [3.63, 3.8) is 0 Å². The SMILES string of the molecule is Cc1cc(C(=O)NCCC(C)C)cc(S(N)(=O)=O)c1C. The number of amides is 1. The maximum absolute atomic E-state index is 12.0. The molecule has 0 fully saturated rings. The van der Waals surface area contributed by atoms with Gasteiger partial charge in [-0.1, -0.05) is 13.8 Å². The zero-order valence-corrected chi connectivity index (χ0v) is 13.2. The molecule has 0 aliphatic heterocycles. The largest absolute Gasteiger partial charge is 0.352 e. The van der Waals surface area contributed by atoms with Crippen LogP contribution < -0.4 is 10.5 Å². The quantitative estimate of drug-likeness (QED) is 0.867. The lowest BCUT2D eigenvalue weighted by molar-refractivity contribution is 0.0951. The Bertz CT molecular complexity index is 607. The summed E-state index contributed by atoms with van der Waals surface area (Å²) in [7, 11) is -3.83. The first-order valence-corrected chi connectivity index (χ1v) is 8.09. The molecule has 6 heteroatoms. The second-order valence-corrected chi connectivity index (χ2v) is 6.93. The summed E-state index contributed by atoms with van der Waals surface area (Å²) in [6, 6.07) is 3.01. The van der Waals surface area contributed by atoms with Gasteiger partial charge in [0.1, 0.15) is 0 Å². The molecular weight excluding hydrogens is 276 g/mol. The fraction of sp³-hybridized carbons (Fsp3) is 0.500. The number of nitrogens with one attached hydrogen (secondary N) is 1. The molecule has 1 aromatic rings. The van der Waals surface area contributed by atoms with Crippen molar-refractivity contribution in [2.75, 3.05) is 6.54 Å². The highest BCUT2D eigenvalue weighted by molar-refractivity contribution is 7.89. The number of sulfonamides is 1. The molecule has 0 radical (unpaired) electrons. The van der Waals surface area contributed by atoms with Crippen LogP contribution >= 0.6 is 0 Å². The summed E-state index contributed by atoms with van der Waals surface area (Å²) in [5.41, 5.74) is 1.62. The Morgan fingerprint density at radius 2 is 1.90 bits per heavy atom. The topological polar surface area (TPSA) is 89.3 Å². The Kier molecular flexibility index (Phi) is 5.30. The van der Waals surface area contributed by atoms with Crippen LogP contribution in [0.4, 0.5) is 0 Å². The lowest BCUT2D eigenvalue weighted by Gasteiger charge is -2.11. The standard InChI is InChI=1S/C14H22N2O3S/c1-9(2)5-6-16-14(17)12-7-10(3)11(4)13(8-12)20(15,18)19/h7-9H,5-6H2,1-4H3,(H,16,17)(H2,15,18,19). The highest BCUT2D eigenvalue weighted by Crippen LogP contribution is 2.20. The van der Waals surface area contributed by atoms with E-state index >= 15 is 0 Å². The normalized spacial score (nSPS) is 11.7. The third-order valence-corrected chi connectivity index (χ3v) is 4.23. The van der Waals surface area contributed by atoms with Crippen LogP contribution in [0.3, 0.4) is 0 Å². The Morgan fingerprint density at radius 3 is 2.40 bits per heavy atom. The molecule has 1 rings (SSSR count). The van der Waals surface area contributed by atoms with E-state index in [1.54, 1.807) is 19.9 Å². The van der Waals surface area contributed by atoms with Crippen LogP contribution in [-0.4, -0.2) is 20.9 Å². The molecule has 1 aromatic carbocycles. The summed E-state index contributed by atoms with van der Waals surface area (Å²) in [6.07, 6.45) is 0.874. The number of rotatable bonds is 5. The number of carbonyl (C=O) groups is 1. The molecule has 0 atom stereocenters. The minimum atomic E-state index is -3.83. The number of carbonyl (C=O) groups excluding carboxylic acids is 1. The molecule has 0 saturated carbocycles. The van der Waals surface area contributed by atoms with Gasteiger partial charge in [-0.25, -0.2) is 13.6 Å². The molecule has 0 aliphatic rings. The average Bonchev–Trinajstić information content (AvgIpc) is 2.30. The zero-order valence-electron chi connectivity index (χ0n) is 12.4. The maximum atomic E-state index is 12.0. The van der Waals surface area contributed by atoms with Gasteiger partial charge in [-0.05, 0) is 49.4 Å². The zero-order chi connectivity index (χ0) is 15.5. The van der Waals surface area contributed by atoms with Crippen LogP contribution in [0, 0.1) is 19.8 Å². The second kappa shape index (κ2) is 6.37. The minimum absolute atomic E-state index is 0.00603. The van der Waals surface area contributed by atoms with Crippen molar-refractivity contribution in [2.24, 2.45) is 11.1 Å². The van der Waals surface area contributed by atoms with E-state index in [4.69, 9.17) is 5.14 Å². The van der Waals surface area contributed by atoms with Crippen LogP contribution in [0.25, 0.3) is 0 Å². The molecule has 1 amide bonds. The van der Waals surface area contributed by atoms with Gasteiger partial charge in [0.15, 0.2) is 0 Å². The summed E-state index contributed by atoms with van der Waals surface area (Å²) in [5.74, 6) is 0.216. The minimum Gasteiger partial charge on any atom is -0.352 e. The molecular formula is C14H22N2O3S. The maximum Gasteiger partial charge on any atom is 0.251 e. The summed E-state index contributed by atoms with van der Waals surface area (Å²) >= 11 is 0. The van der Waals surface area contributed by atoms with E-state index in [1.165, 1.54) is 6.07 Å². The van der Waals surface area contributed by atoms with E-state index in [0.29, 0.717) is 23.6 Å². The van der Waals surface area contributed by atoms with Crippen molar-refractivity contribution in [3.8, 4) is 0 Å². The van der Waals surface area contributed by atoms with E-state index in [2.05, 4.69) is 19.2 Å². The van der Waals surface area contributed by atoms with E-state index in [0.717, 1.165) is 12.0 Å². The lowest BCUT2D eigenvalue weighted by Crippen LogP contribution is -2.26. The number of aryl methyl sites for hydroxylation is 1. The predicted octanol–water partition coefficient (Wildman–Crippen LogP) is 1.73. The van der Waals surface area contributed by atoms with E-state index in [1.807, 2.05) is 0 Å². The van der Waals surface area contributed by atoms with Crippen molar-refractivity contribution in [1.29, 1.82) is 0 Å². The van der Waals surface area contributed by atoms with E-state index in [9.17, 15) is 13.2 Å². The molecule has 0 saturated heterocycles. The summed E-state index contributed by atoms with van der Waals surface area (Å²) in [6.45, 7) is 8.14. The second-order valence-electron chi connectivity index (χ2n) is 5.40. The van der Waals surface area contributed by atoms with Crippen molar-refractivity contribution in [2.45, 2.75) is 39.0 Å². The highest BCUT2D eigenvalue weighted by atomic mass is 32.2. The van der Waals surface area contributed by atoms with Gasteiger partial charge in [-0.15, -0.1) is 0 Å². The number of hydrogen-bond acceptors (Lipinski definition) is 3. The summed E-state index contributed by atoms with van der Waals surface area (Å²) in [5, 5.41) is 7.96. The molecule has 3 N–H and O–H groups in total. The average molecular weight is 298 g/mol. The number of nitrogens with two attached hydrogens (primary N) is 1. The Balaban J connectivity index is 3.03. The van der Waals surface area contributed by atoms with E-state index in [-0.39, 0.29) is 10.8 Å². The van der Waals surface area contributed by atoms with Crippen molar-refractivity contribution < 1.29 is 13.2 Å². The van der Waals surface area contributed by atoms with Gasteiger partial charge in [0.2, 0.25) is 10.0 Å². The molecule has 20 heavy (non-hydrogen) atoms. The first-order chi connectivity index (χ1) is 9.12. The number of hydrogen-bond donors (Lipinski definition) is 2. The fourth-order valence-corrected chi connectivity index (χ4v) is 2.71. The fourth-order valence-electron chi connectivity index (χ4n) is 1.83. The molecule has 0 unspecified atom stereocenters. The van der Waals surface area contributed by atoms with Gasteiger partial charge in [-0.3, -0.25) is 4.79 Å². The highest BCUT2D eigenvalue weighted by Gasteiger charge is 2.17. The van der Waals surface area contributed by atoms with Gasteiger partial charge < -0.3 is 5.32 Å². The van der Waals surface area contributed by atoms with Gasteiger partial charge >= 0.3 is 0 Å². The van der Waals surface area contributed by atoms with Crippen molar-refractivity contribution in [3.05, 3.63) is 28.8 Å². The Hall–Kier alpha value is -1.40. The van der Waals surface area contributed by atoms with Crippen molar-refractivity contribution >= 4 is 15.9 Å². The van der Waals surface area contributed by atoms with Gasteiger partial charge in [0, 0.05) is 12.1 Å². The van der Waals surface area contributed by atoms with Gasteiger partial charge in [-0.2, -0.15) is 0 Å². The molecule has 0 aromatic heterocycles. The predicted molar refractivity (Wildman–Crippen MR) is 79.1 cm³/mol. The Morgan fingerprint density at radius 1 is 1.30 bits per heavy atom. The third-order valence-electron chi connectivity index (χ3n) is 3.20. The molecule has 0 heterocycles. The monoisotopic (exact) mass is 298 g/mol. The van der Waals surface area contributed by atoms with Crippen LogP contribution in [-0.2, 0) is 10.0 Å². The van der Waals surface area contributed by atoms with Crippen LogP contribution in [0.15, 0.2) is 17.0 Å². The first kappa shape index (κ1) is 16.7. The number of primary sulfonamides is 1. The van der Waals surface area contributed by atoms with E-state index < -0.39 is 10.0 Å². The van der Waals surface area contributed by atoms with Crippen LogP contribution in [0.1, 0.15) is 41.8 Å². The van der Waals surface area contributed by atoms with Gasteiger partial charge in [0.25, 0.3) is 5.91 Å². The molecule has 0 bridgehead atoms. The summed E-state index contributed by atoms with van der Waals surface area (Å²) in [4.78, 5) is 12.0. The molecule has 0 aliphatic carbocycles. The molecule has 0 spiro atoms. The van der Waals surface area contributed by atoms with Crippen LogP contribution in [0.5, 0.6) is 0 Å². The third kappa shape index (κ3) is 4.31. The Labute approximate surface area is 120 Å². The number of benzene rings is 1. The van der Waals surface area contributed by atoms with Crippen molar-refractivity contribution in [1.82, 2.24) is 5.32 Å². The molecule has 112 valence electrons. The lowest BCUT2D eigenvalue weighted by atomic mass is 10.1. The smallest absolute Gasteiger partial charge is 0.251 e. The summed E-state index contributed by atoms with van der Waals surface area (Å²) < 4.78 is 23.1. The first-order valence-electron chi connectivity index (χ1n) is 6.55. The van der Waals surface area contributed by atoms with Gasteiger partial charge in [0.05, 0.1) is 4.90 Å².